The van der Waals surface area contributed by atoms with E-state index in [2.05, 4.69) is 10.1 Å². The Hall–Kier alpha value is -3.49. The van der Waals surface area contributed by atoms with E-state index in [1.807, 2.05) is 25.1 Å². The maximum Gasteiger partial charge on any atom is 0.573 e. The number of alkyl halides is 3. The highest BCUT2D eigenvalue weighted by Gasteiger charge is 2.31. The minimum Gasteiger partial charge on any atom is -0.405 e. The van der Waals surface area contributed by atoms with Crippen LogP contribution in [0.5, 0.6) is 5.75 Å². The number of para-hydroxylation sites is 1. The molecule has 1 N–H and O–H groups in total. The van der Waals surface area contributed by atoms with Crippen molar-refractivity contribution in [3.8, 4) is 5.75 Å². The number of rotatable bonds is 4. The smallest absolute Gasteiger partial charge is 0.405 e. The molecule has 0 radical (unpaired) electrons. The highest BCUT2D eigenvalue weighted by atomic mass is 19.4. The van der Waals surface area contributed by atoms with E-state index in [0.29, 0.717) is 31.9 Å². The topological polar surface area (TPSA) is 61.9 Å². The minimum absolute atomic E-state index is 0.143. The van der Waals surface area contributed by atoms with E-state index in [-0.39, 0.29) is 23.3 Å². The number of carbonyl (C=O) groups excluding carboxylic acids is 2. The van der Waals surface area contributed by atoms with Crippen LogP contribution in [0.1, 0.15) is 11.1 Å². The molecular formula is C22H22F3N3O3. The molecule has 3 rings (SSSR count). The van der Waals surface area contributed by atoms with Gasteiger partial charge in [-0.25, -0.2) is 4.79 Å². The Balaban J connectivity index is 1.54. The number of urea groups is 1. The van der Waals surface area contributed by atoms with Crippen molar-refractivity contribution < 1.29 is 27.5 Å². The number of nitrogens with one attached hydrogen (secondary N) is 1. The predicted molar refractivity (Wildman–Crippen MR) is 111 cm³/mol. The number of anilines is 1. The molecule has 2 aromatic rings. The SMILES string of the molecule is Cc1cccc(NC(=O)N2CCN(C(=O)C=Cc3ccccc3OC(F)(F)F)CC2)c1. The van der Waals surface area contributed by atoms with Gasteiger partial charge in [-0.2, -0.15) is 0 Å². The first kappa shape index (κ1) is 22.2. The van der Waals surface area contributed by atoms with E-state index in [0.717, 1.165) is 5.56 Å². The quantitative estimate of drug-likeness (QED) is 0.732. The summed E-state index contributed by atoms with van der Waals surface area (Å²) in [6.45, 7) is 3.29. The molecule has 1 saturated heterocycles. The number of hydrogen-bond donors (Lipinski definition) is 1. The standard InChI is InChI=1S/C22H22F3N3O3/c1-16-5-4-7-18(15-16)26-21(30)28-13-11-27(12-14-28)20(29)10-9-17-6-2-3-8-19(17)31-22(23,24)25/h2-10,15H,11-14H2,1H3,(H,26,30). The fourth-order valence-electron chi connectivity index (χ4n) is 3.16. The van der Waals surface area contributed by atoms with Gasteiger partial charge in [-0.1, -0.05) is 30.3 Å². The second-order valence-corrected chi connectivity index (χ2v) is 7.03. The van der Waals surface area contributed by atoms with E-state index in [1.165, 1.54) is 30.4 Å². The highest BCUT2D eigenvalue weighted by molar-refractivity contribution is 5.93. The molecule has 164 valence electrons. The van der Waals surface area contributed by atoms with Gasteiger partial charge in [0.2, 0.25) is 5.91 Å². The Labute approximate surface area is 177 Å². The Kier molecular flexibility index (Phi) is 6.84. The number of aryl methyl sites for hydroxylation is 1. The van der Waals surface area contributed by atoms with Crippen molar-refractivity contribution >= 4 is 23.7 Å². The molecule has 0 spiro atoms. The van der Waals surface area contributed by atoms with Gasteiger partial charge >= 0.3 is 12.4 Å². The summed E-state index contributed by atoms with van der Waals surface area (Å²) in [4.78, 5) is 28.0. The first-order valence-electron chi connectivity index (χ1n) is 9.65. The number of piperazine rings is 1. The number of amides is 3. The van der Waals surface area contributed by atoms with Gasteiger partial charge in [0.25, 0.3) is 0 Å². The van der Waals surface area contributed by atoms with Crippen molar-refractivity contribution in [3.05, 3.63) is 65.7 Å². The van der Waals surface area contributed by atoms with Gasteiger partial charge in [-0.3, -0.25) is 4.79 Å². The molecule has 1 heterocycles. The van der Waals surface area contributed by atoms with Crippen LogP contribution in [0.2, 0.25) is 0 Å². The van der Waals surface area contributed by atoms with Crippen molar-refractivity contribution in [1.29, 1.82) is 0 Å². The third kappa shape index (κ3) is 6.50. The van der Waals surface area contributed by atoms with E-state index in [1.54, 1.807) is 21.9 Å². The van der Waals surface area contributed by atoms with Crippen molar-refractivity contribution in [2.75, 3.05) is 31.5 Å². The number of benzene rings is 2. The molecule has 0 aliphatic carbocycles. The summed E-state index contributed by atoms with van der Waals surface area (Å²) >= 11 is 0. The lowest BCUT2D eigenvalue weighted by Gasteiger charge is -2.34. The predicted octanol–water partition coefficient (Wildman–Crippen LogP) is 4.28. The normalized spacial score (nSPS) is 14.6. The summed E-state index contributed by atoms with van der Waals surface area (Å²) < 4.78 is 41.5. The summed E-state index contributed by atoms with van der Waals surface area (Å²) in [6, 6.07) is 12.8. The maximum absolute atomic E-state index is 12.5. The molecule has 6 nitrogen and oxygen atoms in total. The second kappa shape index (κ2) is 9.55. The van der Waals surface area contributed by atoms with Crippen LogP contribution in [-0.2, 0) is 4.79 Å². The average molecular weight is 433 g/mol. The lowest BCUT2D eigenvalue weighted by molar-refractivity contribution is -0.274. The van der Waals surface area contributed by atoms with Crippen molar-refractivity contribution in [2.45, 2.75) is 13.3 Å². The number of carbonyl (C=O) groups is 2. The third-order valence-corrected chi connectivity index (χ3v) is 4.70. The molecule has 1 aliphatic rings. The van der Waals surface area contributed by atoms with Crippen LogP contribution in [0.4, 0.5) is 23.7 Å². The zero-order valence-corrected chi connectivity index (χ0v) is 16.9. The van der Waals surface area contributed by atoms with Crippen LogP contribution in [0.15, 0.2) is 54.6 Å². The van der Waals surface area contributed by atoms with E-state index < -0.39 is 6.36 Å². The van der Waals surface area contributed by atoms with Gasteiger partial charge in [0.1, 0.15) is 5.75 Å². The molecule has 0 saturated carbocycles. The first-order chi connectivity index (χ1) is 14.7. The molecule has 3 amide bonds. The molecule has 0 unspecified atom stereocenters. The third-order valence-electron chi connectivity index (χ3n) is 4.70. The van der Waals surface area contributed by atoms with Crippen LogP contribution in [0, 0.1) is 6.92 Å². The zero-order chi connectivity index (χ0) is 22.4. The van der Waals surface area contributed by atoms with Crippen LogP contribution in [-0.4, -0.2) is 54.3 Å². The van der Waals surface area contributed by atoms with Gasteiger partial charge < -0.3 is 19.9 Å². The summed E-state index contributed by atoms with van der Waals surface area (Å²) in [5, 5.41) is 2.83. The van der Waals surface area contributed by atoms with Crippen molar-refractivity contribution in [2.24, 2.45) is 0 Å². The Morgan fingerprint density at radius 1 is 1.00 bits per heavy atom. The number of hydrogen-bond acceptors (Lipinski definition) is 3. The number of nitrogens with zero attached hydrogens (tertiary/aromatic N) is 2. The first-order valence-corrected chi connectivity index (χ1v) is 9.65. The van der Waals surface area contributed by atoms with E-state index in [4.69, 9.17) is 0 Å². The molecule has 1 fully saturated rings. The summed E-state index contributed by atoms with van der Waals surface area (Å²) in [7, 11) is 0. The summed E-state index contributed by atoms with van der Waals surface area (Å²) in [5.41, 5.74) is 1.87. The van der Waals surface area contributed by atoms with Gasteiger partial charge in [-0.15, -0.1) is 13.2 Å². The minimum atomic E-state index is -4.82. The fraction of sp³-hybridized carbons (Fsp3) is 0.273. The van der Waals surface area contributed by atoms with Crippen molar-refractivity contribution in [3.63, 3.8) is 0 Å². The Morgan fingerprint density at radius 2 is 1.68 bits per heavy atom. The molecule has 0 atom stereocenters. The lowest BCUT2D eigenvalue weighted by atomic mass is 10.2. The number of ether oxygens (including phenoxy) is 1. The molecule has 9 heteroatoms. The molecule has 0 bridgehead atoms. The molecule has 1 aliphatic heterocycles. The van der Waals surface area contributed by atoms with Gasteiger partial charge in [0.15, 0.2) is 0 Å². The summed E-state index contributed by atoms with van der Waals surface area (Å²) in [5.74, 6) is -0.725. The molecular weight excluding hydrogens is 411 g/mol. The van der Waals surface area contributed by atoms with Crippen LogP contribution in [0.25, 0.3) is 6.08 Å². The van der Waals surface area contributed by atoms with E-state index in [9.17, 15) is 22.8 Å². The zero-order valence-electron chi connectivity index (χ0n) is 16.9. The van der Waals surface area contributed by atoms with Gasteiger partial charge in [0, 0.05) is 43.5 Å². The Bertz CT molecular complexity index is 968. The Morgan fingerprint density at radius 3 is 2.35 bits per heavy atom. The summed E-state index contributed by atoms with van der Waals surface area (Å²) in [6.07, 6.45) is -2.31. The van der Waals surface area contributed by atoms with Gasteiger partial charge in [0.05, 0.1) is 0 Å². The van der Waals surface area contributed by atoms with Crippen molar-refractivity contribution in [1.82, 2.24) is 9.80 Å². The van der Waals surface area contributed by atoms with Crippen LogP contribution >= 0.6 is 0 Å². The highest BCUT2D eigenvalue weighted by Crippen LogP contribution is 2.27. The fourth-order valence-corrected chi connectivity index (χ4v) is 3.16. The van der Waals surface area contributed by atoms with Crippen LogP contribution < -0.4 is 10.1 Å². The van der Waals surface area contributed by atoms with Crippen LogP contribution in [0.3, 0.4) is 0 Å². The number of halogens is 3. The maximum atomic E-state index is 12.5. The average Bonchev–Trinajstić information content (AvgIpc) is 2.72. The molecule has 31 heavy (non-hydrogen) atoms. The lowest BCUT2D eigenvalue weighted by Crippen LogP contribution is -2.51. The molecule has 0 aromatic heterocycles. The van der Waals surface area contributed by atoms with Gasteiger partial charge in [-0.05, 0) is 36.8 Å². The second-order valence-electron chi connectivity index (χ2n) is 7.03. The largest absolute Gasteiger partial charge is 0.573 e. The molecule has 2 aromatic carbocycles. The monoisotopic (exact) mass is 433 g/mol. The van der Waals surface area contributed by atoms with E-state index >= 15 is 0 Å².